The average Bonchev–Trinajstić information content (AvgIpc) is 2.89. The topological polar surface area (TPSA) is 9.23 Å². The molecule has 1 fully saturated rings. The summed E-state index contributed by atoms with van der Waals surface area (Å²) in [4.78, 5) is 0. The summed E-state index contributed by atoms with van der Waals surface area (Å²) in [5.74, 6) is -3.53. The summed E-state index contributed by atoms with van der Waals surface area (Å²) in [6.45, 7) is 3.89. The maximum Gasteiger partial charge on any atom is 0.201 e. The van der Waals surface area contributed by atoms with E-state index in [2.05, 4.69) is 0 Å². The van der Waals surface area contributed by atoms with E-state index in [0.717, 1.165) is 18.4 Å². The predicted octanol–water partition coefficient (Wildman–Crippen LogP) is 9.33. The smallest absolute Gasteiger partial charge is 0.201 e. The standard InChI is InChI=1S/C31H30F4O/c1-3-5-20-6-11-22(12-7-20)25-17-18-26(30(34)29(25)33)23-13-8-21(9-14-23)10-15-24-16-19-27(36-4-2)31(35)28(24)32/h3,5-7,10-12,15-19,21,23H,4,8-9,13-14H2,1-2H3. The molecule has 0 aromatic heterocycles. The quantitative estimate of drug-likeness (QED) is 0.297. The summed E-state index contributed by atoms with van der Waals surface area (Å²) < 4.78 is 63.6. The molecule has 3 aromatic carbocycles. The molecule has 0 unspecified atom stereocenters. The number of halogens is 4. The van der Waals surface area contributed by atoms with Gasteiger partial charge in [0.1, 0.15) is 0 Å². The van der Waals surface area contributed by atoms with Crippen molar-refractivity contribution in [2.24, 2.45) is 5.92 Å². The molecule has 0 saturated heterocycles. The summed E-state index contributed by atoms with van der Waals surface area (Å²) in [6.07, 6.45) is 10.3. The Bertz CT molecular complexity index is 1250. The van der Waals surface area contributed by atoms with Crippen molar-refractivity contribution in [1.82, 2.24) is 0 Å². The van der Waals surface area contributed by atoms with Gasteiger partial charge in [-0.05, 0) is 80.2 Å². The van der Waals surface area contributed by atoms with Crippen molar-refractivity contribution in [2.75, 3.05) is 6.61 Å². The largest absolute Gasteiger partial charge is 0.491 e. The van der Waals surface area contributed by atoms with Gasteiger partial charge in [-0.15, -0.1) is 0 Å². The average molecular weight is 495 g/mol. The summed E-state index contributed by atoms with van der Waals surface area (Å²) in [5.41, 5.74) is 2.46. The maximum absolute atomic E-state index is 15.1. The molecule has 0 N–H and O–H groups in total. The van der Waals surface area contributed by atoms with E-state index in [9.17, 15) is 8.78 Å². The van der Waals surface area contributed by atoms with Gasteiger partial charge >= 0.3 is 0 Å². The lowest BCUT2D eigenvalue weighted by Crippen LogP contribution is -2.13. The van der Waals surface area contributed by atoms with Crippen LogP contribution in [0.2, 0.25) is 0 Å². The minimum absolute atomic E-state index is 0.0741. The number of ether oxygens (including phenoxy) is 1. The summed E-state index contributed by atoms with van der Waals surface area (Å²) in [6, 6.07) is 13.6. The van der Waals surface area contributed by atoms with E-state index >= 15 is 8.78 Å². The molecular formula is C31H30F4O. The highest BCUT2D eigenvalue weighted by Gasteiger charge is 2.26. The lowest BCUT2D eigenvalue weighted by molar-refractivity contribution is 0.314. The van der Waals surface area contributed by atoms with Crippen molar-refractivity contribution < 1.29 is 22.3 Å². The van der Waals surface area contributed by atoms with Gasteiger partial charge in [0, 0.05) is 11.1 Å². The zero-order chi connectivity index (χ0) is 25.7. The number of benzene rings is 3. The van der Waals surface area contributed by atoms with Crippen molar-refractivity contribution in [3.8, 4) is 16.9 Å². The Morgan fingerprint density at radius 1 is 0.778 bits per heavy atom. The third-order valence-electron chi connectivity index (χ3n) is 6.83. The molecule has 188 valence electrons. The molecule has 5 heteroatoms. The number of allylic oxidation sites excluding steroid dienone is 2. The van der Waals surface area contributed by atoms with Gasteiger partial charge in [0.15, 0.2) is 23.2 Å². The highest BCUT2D eigenvalue weighted by molar-refractivity contribution is 5.67. The Hall–Kier alpha value is -3.34. The first-order chi connectivity index (χ1) is 17.4. The SMILES string of the molecule is CC=Cc1ccc(-c2ccc(C3CCC(C=Cc4ccc(OCC)c(F)c4F)CC3)c(F)c2F)cc1. The van der Waals surface area contributed by atoms with Crippen LogP contribution in [0, 0.1) is 29.2 Å². The van der Waals surface area contributed by atoms with Gasteiger partial charge in [0.25, 0.3) is 0 Å². The van der Waals surface area contributed by atoms with Crippen LogP contribution >= 0.6 is 0 Å². The lowest BCUT2D eigenvalue weighted by Gasteiger charge is -2.27. The molecule has 0 spiro atoms. The first-order valence-electron chi connectivity index (χ1n) is 12.4. The molecule has 3 aromatic rings. The van der Waals surface area contributed by atoms with Crippen LogP contribution in [0.25, 0.3) is 23.3 Å². The molecule has 1 nitrogen and oxygen atoms in total. The van der Waals surface area contributed by atoms with E-state index in [1.807, 2.05) is 37.3 Å². The molecule has 1 saturated carbocycles. The van der Waals surface area contributed by atoms with Crippen LogP contribution in [0.4, 0.5) is 17.6 Å². The molecule has 0 heterocycles. The van der Waals surface area contributed by atoms with Gasteiger partial charge in [-0.2, -0.15) is 4.39 Å². The first-order valence-corrected chi connectivity index (χ1v) is 12.4. The third-order valence-corrected chi connectivity index (χ3v) is 6.83. The van der Waals surface area contributed by atoms with Crippen LogP contribution in [0.15, 0.2) is 60.7 Å². The Morgan fingerprint density at radius 2 is 1.50 bits per heavy atom. The van der Waals surface area contributed by atoms with Crippen LogP contribution in [0.1, 0.15) is 62.1 Å². The Kier molecular flexibility index (Phi) is 8.29. The van der Waals surface area contributed by atoms with Crippen molar-refractivity contribution in [3.63, 3.8) is 0 Å². The van der Waals surface area contributed by atoms with E-state index in [1.165, 1.54) is 12.1 Å². The summed E-state index contributed by atoms with van der Waals surface area (Å²) in [5, 5.41) is 0. The van der Waals surface area contributed by atoms with Gasteiger partial charge in [0.05, 0.1) is 6.61 Å². The molecule has 4 rings (SSSR count). The molecule has 1 aliphatic rings. The van der Waals surface area contributed by atoms with Crippen molar-refractivity contribution in [3.05, 3.63) is 101 Å². The van der Waals surface area contributed by atoms with Gasteiger partial charge in [-0.25, -0.2) is 13.2 Å². The maximum atomic E-state index is 15.1. The fourth-order valence-corrected chi connectivity index (χ4v) is 4.87. The minimum Gasteiger partial charge on any atom is -0.491 e. The predicted molar refractivity (Wildman–Crippen MR) is 138 cm³/mol. The van der Waals surface area contributed by atoms with Crippen molar-refractivity contribution >= 4 is 12.2 Å². The Labute approximate surface area is 210 Å². The van der Waals surface area contributed by atoms with Crippen LogP contribution in [0.3, 0.4) is 0 Å². The summed E-state index contributed by atoms with van der Waals surface area (Å²) >= 11 is 0. The second-order valence-corrected chi connectivity index (χ2v) is 9.14. The van der Waals surface area contributed by atoms with Gasteiger partial charge in [-0.3, -0.25) is 0 Å². The van der Waals surface area contributed by atoms with Gasteiger partial charge in [-0.1, -0.05) is 60.7 Å². The molecule has 0 radical (unpaired) electrons. The fourth-order valence-electron chi connectivity index (χ4n) is 4.87. The van der Waals surface area contributed by atoms with E-state index in [-0.39, 0.29) is 35.3 Å². The van der Waals surface area contributed by atoms with Crippen LogP contribution in [0.5, 0.6) is 5.75 Å². The highest BCUT2D eigenvalue weighted by Crippen LogP contribution is 2.39. The van der Waals surface area contributed by atoms with Crippen LogP contribution in [-0.2, 0) is 0 Å². The normalized spacial score (nSPS) is 18.3. The van der Waals surface area contributed by atoms with E-state index in [0.29, 0.717) is 24.0 Å². The fraction of sp³-hybridized carbons (Fsp3) is 0.290. The molecule has 0 atom stereocenters. The third kappa shape index (κ3) is 5.56. The zero-order valence-electron chi connectivity index (χ0n) is 20.5. The van der Waals surface area contributed by atoms with Crippen LogP contribution < -0.4 is 4.74 Å². The molecule has 0 amide bonds. The van der Waals surface area contributed by atoms with E-state index in [4.69, 9.17) is 4.74 Å². The van der Waals surface area contributed by atoms with E-state index < -0.39 is 23.3 Å². The number of hydrogen-bond acceptors (Lipinski definition) is 1. The van der Waals surface area contributed by atoms with Crippen molar-refractivity contribution in [1.29, 1.82) is 0 Å². The highest BCUT2D eigenvalue weighted by atomic mass is 19.2. The number of rotatable bonds is 7. The first kappa shape index (κ1) is 25.7. The molecule has 0 aliphatic heterocycles. The van der Waals surface area contributed by atoms with Gasteiger partial charge in [0.2, 0.25) is 5.82 Å². The molecule has 1 aliphatic carbocycles. The lowest BCUT2D eigenvalue weighted by atomic mass is 9.78. The number of hydrogen-bond donors (Lipinski definition) is 0. The van der Waals surface area contributed by atoms with Gasteiger partial charge < -0.3 is 4.74 Å². The van der Waals surface area contributed by atoms with E-state index in [1.54, 1.807) is 37.3 Å². The molecule has 36 heavy (non-hydrogen) atoms. The Morgan fingerprint density at radius 3 is 2.17 bits per heavy atom. The van der Waals surface area contributed by atoms with Crippen LogP contribution in [-0.4, -0.2) is 6.61 Å². The zero-order valence-corrected chi connectivity index (χ0v) is 20.5. The summed E-state index contributed by atoms with van der Waals surface area (Å²) in [7, 11) is 0. The monoisotopic (exact) mass is 494 g/mol. The second kappa shape index (κ2) is 11.6. The molecular weight excluding hydrogens is 464 g/mol. The second-order valence-electron chi connectivity index (χ2n) is 9.14. The van der Waals surface area contributed by atoms with Crippen molar-refractivity contribution in [2.45, 2.75) is 45.4 Å². The Balaban J connectivity index is 1.42. The minimum atomic E-state index is -0.989. The molecule has 0 bridgehead atoms.